The second kappa shape index (κ2) is 8.75. The first-order valence-corrected chi connectivity index (χ1v) is 5.25. The second-order valence-electron chi connectivity index (χ2n) is 3.45. The predicted molar refractivity (Wildman–Crippen MR) is 70.4 cm³/mol. The molecule has 0 atom stereocenters. The number of rotatable bonds is 4. The summed E-state index contributed by atoms with van der Waals surface area (Å²) in [6, 6.07) is 9.55. The van der Waals surface area contributed by atoms with Gasteiger partial charge in [-0.05, 0) is 18.6 Å². The highest BCUT2D eigenvalue weighted by atomic mass is 16.5. The zero-order chi connectivity index (χ0) is 14.0. The molecule has 0 heterocycles. The van der Waals surface area contributed by atoms with Gasteiger partial charge in [0, 0.05) is 5.57 Å². The van der Waals surface area contributed by atoms with E-state index in [1.807, 2.05) is 30.3 Å². The van der Waals surface area contributed by atoms with Gasteiger partial charge in [-0.1, -0.05) is 43.5 Å². The van der Waals surface area contributed by atoms with Crippen LogP contribution < -0.4 is 5.73 Å². The summed E-state index contributed by atoms with van der Waals surface area (Å²) in [5, 5.41) is 0. The van der Waals surface area contributed by atoms with Crippen LogP contribution in [0.4, 0.5) is 0 Å². The van der Waals surface area contributed by atoms with Gasteiger partial charge >= 0.3 is 5.97 Å². The Hall–Kier alpha value is -2.36. The normalized spacial score (nSPS) is 8.50. The van der Waals surface area contributed by atoms with E-state index in [-0.39, 0.29) is 5.97 Å². The summed E-state index contributed by atoms with van der Waals surface area (Å²) in [6.45, 7) is 8.52. The number of nitrogens with two attached hydrogens (primary N) is 1. The summed E-state index contributed by atoms with van der Waals surface area (Å²) < 4.78 is 4.95. The molecule has 0 radical (unpaired) electrons. The van der Waals surface area contributed by atoms with Crippen molar-refractivity contribution < 1.29 is 14.3 Å². The lowest BCUT2D eigenvalue weighted by molar-refractivity contribution is -0.140. The summed E-state index contributed by atoms with van der Waals surface area (Å²) in [5.74, 6) is -0.825. The largest absolute Gasteiger partial charge is 0.457 e. The maximum atomic E-state index is 11.0. The molecule has 0 aliphatic heterocycles. The molecular weight excluding hydrogens is 230 g/mol. The molecule has 1 amide bonds. The van der Waals surface area contributed by atoms with Crippen LogP contribution >= 0.6 is 0 Å². The molecular formula is C14H17NO3. The van der Waals surface area contributed by atoms with Crippen LogP contribution in [0.15, 0.2) is 55.1 Å². The van der Waals surface area contributed by atoms with Crippen LogP contribution in [-0.4, -0.2) is 11.9 Å². The van der Waals surface area contributed by atoms with E-state index >= 15 is 0 Å². The maximum absolute atomic E-state index is 11.0. The molecule has 4 heteroatoms. The van der Waals surface area contributed by atoms with Crippen LogP contribution in [0, 0.1) is 0 Å². The van der Waals surface area contributed by atoms with E-state index in [2.05, 4.69) is 18.9 Å². The molecule has 0 bridgehead atoms. The number of ether oxygens (including phenoxy) is 1. The van der Waals surface area contributed by atoms with Gasteiger partial charge in [-0.25, -0.2) is 4.79 Å². The lowest BCUT2D eigenvalue weighted by atomic mass is 10.2. The number of hydrogen-bond acceptors (Lipinski definition) is 3. The summed E-state index contributed by atoms with van der Waals surface area (Å²) in [4.78, 5) is 20.5. The van der Waals surface area contributed by atoms with Crippen LogP contribution in [0.3, 0.4) is 0 Å². The van der Waals surface area contributed by atoms with E-state index in [1.54, 1.807) is 6.92 Å². The first-order valence-electron chi connectivity index (χ1n) is 5.25. The third-order valence-corrected chi connectivity index (χ3v) is 1.76. The molecule has 1 aromatic rings. The topological polar surface area (TPSA) is 69.4 Å². The average molecular weight is 247 g/mol. The van der Waals surface area contributed by atoms with Gasteiger partial charge < -0.3 is 10.5 Å². The van der Waals surface area contributed by atoms with Crippen molar-refractivity contribution in [3.63, 3.8) is 0 Å². The molecule has 0 aliphatic carbocycles. The Labute approximate surface area is 107 Å². The van der Waals surface area contributed by atoms with Crippen molar-refractivity contribution in [3.05, 3.63) is 60.7 Å². The van der Waals surface area contributed by atoms with E-state index in [9.17, 15) is 9.59 Å². The highest BCUT2D eigenvalue weighted by molar-refractivity contribution is 5.86. The zero-order valence-electron chi connectivity index (χ0n) is 10.4. The molecule has 96 valence electrons. The molecule has 0 unspecified atom stereocenters. The van der Waals surface area contributed by atoms with Crippen molar-refractivity contribution in [1.82, 2.24) is 0 Å². The lowest BCUT2D eigenvalue weighted by Gasteiger charge is -2.03. The Morgan fingerprint density at radius 3 is 2.22 bits per heavy atom. The van der Waals surface area contributed by atoms with Crippen LogP contribution in [0.2, 0.25) is 0 Å². The highest BCUT2D eigenvalue weighted by Gasteiger charge is 2.02. The lowest BCUT2D eigenvalue weighted by Crippen LogP contribution is -2.04. The molecule has 0 aromatic heterocycles. The number of hydrogen-bond donors (Lipinski definition) is 1. The summed E-state index contributed by atoms with van der Waals surface area (Å²) in [7, 11) is 0. The first-order chi connectivity index (χ1) is 8.47. The number of primary amides is 1. The fraction of sp³-hybridized carbons (Fsp3) is 0.143. The molecule has 0 fully saturated rings. The van der Waals surface area contributed by atoms with Gasteiger partial charge in [-0.2, -0.15) is 0 Å². The van der Waals surface area contributed by atoms with Crippen molar-refractivity contribution in [1.29, 1.82) is 0 Å². The maximum Gasteiger partial charge on any atom is 0.333 e. The Morgan fingerprint density at radius 1 is 1.33 bits per heavy atom. The smallest absolute Gasteiger partial charge is 0.333 e. The Balaban J connectivity index is 0.000000494. The molecule has 1 aromatic carbocycles. The average Bonchev–Trinajstić information content (AvgIpc) is 2.37. The van der Waals surface area contributed by atoms with Gasteiger partial charge in [0.1, 0.15) is 6.61 Å². The van der Waals surface area contributed by atoms with Gasteiger partial charge in [0.25, 0.3) is 0 Å². The van der Waals surface area contributed by atoms with Crippen molar-refractivity contribution in [3.8, 4) is 0 Å². The van der Waals surface area contributed by atoms with Gasteiger partial charge in [0.2, 0.25) is 5.91 Å². The number of carbonyl (C=O) groups is 2. The van der Waals surface area contributed by atoms with Crippen molar-refractivity contribution in [2.24, 2.45) is 5.73 Å². The molecule has 1 rings (SSSR count). The highest BCUT2D eigenvalue weighted by Crippen LogP contribution is 2.02. The third-order valence-electron chi connectivity index (χ3n) is 1.76. The fourth-order valence-corrected chi connectivity index (χ4v) is 0.846. The quantitative estimate of drug-likeness (QED) is 0.653. The van der Waals surface area contributed by atoms with Crippen molar-refractivity contribution in [2.45, 2.75) is 13.5 Å². The summed E-state index contributed by atoms with van der Waals surface area (Å²) >= 11 is 0. The van der Waals surface area contributed by atoms with Gasteiger partial charge in [-0.3, -0.25) is 4.79 Å². The Kier molecular flexibility index (Phi) is 7.61. The third kappa shape index (κ3) is 7.87. The van der Waals surface area contributed by atoms with Crippen LogP contribution in [0.5, 0.6) is 0 Å². The predicted octanol–water partition coefficient (Wildman–Crippen LogP) is 1.96. The number of carbonyl (C=O) groups excluding carboxylic acids is 2. The number of benzene rings is 1. The minimum Gasteiger partial charge on any atom is -0.457 e. The van der Waals surface area contributed by atoms with Crippen molar-refractivity contribution in [2.75, 3.05) is 0 Å². The second-order valence-corrected chi connectivity index (χ2v) is 3.45. The van der Waals surface area contributed by atoms with Gasteiger partial charge in [-0.15, -0.1) is 0 Å². The standard InChI is InChI=1S/C11H12O2.C3H5NO/c1-9(2)11(12)13-8-10-6-4-3-5-7-10;1-2-3(4)5/h3-7H,1,8H2,2H3;2H,1H2,(H2,4,5). The Morgan fingerprint density at radius 2 is 1.83 bits per heavy atom. The monoisotopic (exact) mass is 247 g/mol. The minimum absolute atomic E-state index is 0.312. The van der Waals surface area contributed by atoms with Crippen LogP contribution in [0.25, 0.3) is 0 Å². The SMILES string of the molecule is C=C(C)C(=O)OCc1ccccc1.C=CC(N)=O. The first kappa shape index (κ1) is 15.6. The van der Waals surface area contributed by atoms with E-state index in [4.69, 9.17) is 4.74 Å². The molecule has 0 spiro atoms. The Bertz CT molecular complexity index is 424. The zero-order valence-corrected chi connectivity index (χ0v) is 10.4. The summed E-state index contributed by atoms with van der Waals surface area (Å²) in [6.07, 6.45) is 1.06. The fourth-order valence-electron chi connectivity index (χ4n) is 0.846. The number of amides is 1. The minimum atomic E-state index is -0.481. The van der Waals surface area contributed by atoms with Crippen LogP contribution in [0.1, 0.15) is 12.5 Å². The molecule has 0 saturated carbocycles. The van der Waals surface area contributed by atoms with E-state index in [1.165, 1.54) is 0 Å². The molecule has 0 aliphatic rings. The van der Waals surface area contributed by atoms with Gasteiger partial charge in [0.05, 0.1) is 0 Å². The molecule has 2 N–H and O–H groups in total. The van der Waals surface area contributed by atoms with Crippen molar-refractivity contribution >= 4 is 11.9 Å². The molecule has 4 nitrogen and oxygen atoms in total. The molecule has 18 heavy (non-hydrogen) atoms. The van der Waals surface area contributed by atoms with E-state index < -0.39 is 5.91 Å². The van der Waals surface area contributed by atoms with Crippen LogP contribution in [-0.2, 0) is 20.9 Å². The van der Waals surface area contributed by atoms with E-state index in [0.29, 0.717) is 12.2 Å². The molecule has 0 saturated heterocycles. The van der Waals surface area contributed by atoms with Gasteiger partial charge in [0.15, 0.2) is 0 Å². The summed E-state index contributed by atoms with van der Waals surface area (Å²) in [5.41, 5.74) is 5.94. The van der Waals surface area contributed by atoms with E-state index in [0.717, 1.165) is 11.6 Å². The number of esters is 1.